The number of aliphatic hydroxyl groups is 1. The number of carbonyl (C=O) groups excluding carboxylic acids is 5. The van der Waals surface area contributed by atoms with Crippen LogP contribution in [0.4, 0.5) is 0 Å². The van der Waals surface area contributed by atoms with Crippen molar-refractivity contribution in [2.75, 3.05) is 26.2 Å². The Morgan fingerprint density at radius 3 is 1.93 bits per heavy atom. The summed E-state index contributed by atoms with van der Waals surface area (Å²) in [5.41, 5.74) is 22.1. The minimum Gasteiger partial charge on any atom is -0.391 e. The minimum absolute atomic E-state index is 0.107. The number of nitrogens with one attached hydrogen (secondary N) is 4. The van der Waals surface area contributed by atoms with E-state index in [1.807, 2.05) is 0 Å². The first-order chi connectivity index (χ1) is 20.5. The zero-order valence-corrected chi connectivity index (χ0v) is 25.1. The molecule has 0 unspecified atom stereocenters. The van der Waals surface area contributed by atoms with E-state index in [0.29, 0.717) is 64.6 Å². The molecule has 2 fully saturated rings. The van der Waals surface area contributed by atoms with Crippen LogP contribution in [-0.4, -0.2) is 108 Å². The molecule has 0 aromatic carbocycles. The number of amides is 5. The maximum Gasteiger partial charge on any atom is 0.245 e. The smallest absolute Gasteiger partial charge is 0.245 e. The van der Waals surface area contributed by atoms with Crippen LogP contribution >= 0.6 is 0 Å². The Labute approximate surface area is 252 Å². The number of nitrogens with zero attached hydrogens (tertiary/aromatic N) is 2. The molecule has 244 valence electrons. The van der Waals surface area contributed by atoms with Gasteiger partial charge in [0.1, 0.15) is 30.2 Å². The topological polar surface area (TPSA) is 273 Å². The third-order valence-corrected chi connectivity index (χ3v) is 7.62. The molecule has 0 aromatic heterocycles. The van der Waals surface area contributed by atoms with Crippen molar-refractivity contribution in [2.45, 2.75) is 107 Å². The summed E-state index contributed by atoms with van der Waals surface area (Å²) in [6.07, 6.45) is 2.81. The van der Waals surface area contributed by atoms with E-state index in [1.165, 1.54) is 11.8 Å². The first-order valence-corrected chi connectivity index (χ1v) is 15.2. The summed E-state index contributed by atoms with van der Waals surface area (Å²) < 4.78 is 0. The van der Waals surface area contributed by atoms with Crippen LogP contribution in [0.25, 0.3) is 0 Å². The van der Waals surface area contributed by atoms with Crippen molar-refractivity contribution in [3.05, 3.63) is 0 Å². The highest BCUT2D eigenvalue weighted by Crippen LogP contribution is 2.21. The van der Waals surface area contributed by atoms with Gasteiger partial charge >= 0.3 is 0 Å². The van der Waals surface area contributed by atoms with E-state index in [0.717, 1.165) is 0 Å². The lowest BCUT2D eigenvalue weighted by molar-refractivity contribution is -0.142. The fourth-order valence-electron chi connectivity index (χ4n) is 5.25. The van der Waals surface area contributed by atoms with E-state index in [4.69, 9.17) is 22.9 Å². The van der Waals surface area contributed by atoms with Gasteiger partial charge < -0.3 is 54.2 Å². The summed E-state index contributed by atoms with van der Waals surface area (Å²) >= 11 is 0. The Morgan fingerprint density at radius 1 is 0.814 bits per heavy atom. The van der Waals surface area contributed by atoms with Crippen LogP contribution in [0.2, 0.25) is 0 Å². The van der Waals surface area contributed by atoms with Gasteiger partial charge in [0.15, 0.2) is 5.96 Å². The second-order valence-corrected chi connectivity index (χ2v) is 11.1. The number of hydrogen-bond donors (Lipinski definition) is 9. The number of unbranched alkanes of at least 4 members (excludes halogenated alkanes) is 2. The highest BCUT2D eigenvalue weighted by atomic mass is 16.3. The Morgan fingerprint density at radius 2 is 1.35 bits per heavy atom. The van der Waals surface area contributed by atoms with Crippen molar-refractivity contribution in [3.63, 3.8) is 0 Å². The van der Waals surface area contributed by atoms with Gasteiger partial charge in [0.2, 0.25) is 29.5 Å². The van der Waals surface area contributed by atoms with Crippen molar-refractivity contribution in [2.24, 2.45) is 27.9 Å². The zero-order valence-electron chi connectivity index (χ0n) is 25.1. The second-order valence-electron chi connectivity index (χ2n) is 11.1. The molecule has 16 nitrogen and oxygen atoms in total. The molecule has 2 aliphatic rings. The maximum atomic E-state index is 13.7. The van der Waals surface area contributed by atoms with E-state index in [-0.39, 0.29) is 31.8 Å². The summed E-state index contributed by atoms with van der Waals surface area (Å²) in [5.74, 6) is -3.14. The Hall–Kier alpha value is -3.50. The quantitative estimate of drug-likeness (QED) is 0.0567. The SMILES string of the molecule is C[C@@H](O)[C@@H]1NC(=O)[C@H](CCCCN)NC(=O)[C@H](CCCN=C(N)N)NC(=O)[C@@H]2CCCN2C(=O)[C@H](CCCCN)NC1=O. The van der Waals surface area contributed by atoms with Crippen LogP contribution in [0.15, 0.2) is 4.99 Å². The van der Waals surface area contributed by atoms with Crippen molar-refractivity contribution in [1.29, 1.82) is 0 Å². The summed E-state index contributed by atoms with van der Waals surface area (Å²) in [6.45, 7) is 2.62. The molecule has 0 bridgehead atoms. The van der Waals surface area contributed by atoms with Crippen LogP contribution in [-0.2, 0) is 24.0 Å². The Bertz CT molecular complexity index is 989. The predicted octanol–water partition coefficient (Wildman–Crippen LogP) is -3.38. The standard InChI is InChI=1S/C27H50N10O6/c1-16(38)21-25(42)35-19(9-3-5-13-29)26(43)37-15-7-11-20(37)24(41)34-18(10-6-14-32-27(30)31)22(39)33-17(23(40)36-21)8-2-4-12-28/h16-21,38H,2-15,28-29H2,1H3,(H,33,39)(H,34,41)(H,35,42)(H,36,40)(H4,30,31,32)/t16-,17+,18+,19+,20+,21+/m1/s1. The highest BCUT2D eigenvalue weighted by molar-refractivity contribution is 5.98. The number of rotatable bonds is 13. The molecular weight excluding hydrogens is 560 g/mol. The third-order valence-electron chi connectivity index (χ3n) is 7.62. The van der Waals surface area contributed by atoms with Gasteiger partial charge in [0.05, 0.1) is 6.10 Å². The molecule has 0 radical (unpaired) electrons. The van der Waals surface area contributed by atoms with E-state index in [2.05, 4.69) is 26.3 Å². The lowest BCUT2D eigenvalue weighted by Crippen LogP contribution is -2.60. The van der Waals surface area contributed by atoms with Crippen molar-refractivity contribution >= 4 is 35.5 Å². The minimum atomic E-state index is -1.40. The first-order valence-electron chi connectivity index (χ1n) is 15.2. The van der Waals surface area contributed by atoms with Gasteiger partial charge in [-0.3, -0.25) is 29.0 Å². The summed E-state index contributed by atoms with van der Waals surface area (Å²) in [6, 6.07) is -5.40. The van der Waals surface area contributed by atoms with Gasteiger partial charge in [-0.25, -0.2) is 0 Å². The van der Waals surface area contributed by atoms with Crippen molar-refractivity contribution in [1.82, 2.24) is 26.2 Å². The zero-order chi connectivity index (χ0) is 31.9. The van der Waals surface area contributed by atoms with Crippen LogP contribution in [0.5, 0.6) is 0 Å². The number of aliphatic imine (C=N–C) groups is 1. The number of aliphatic hydroxyl groups excluding tert-OH is 1. The molecule has 0 saturated carbocycles. The fraction of sp³-hybridized carbons (Fsp3) is 0.778. The van der Waals surface area contributed by atoms with Crippen LogP contribution in [0.3, 0.4) is 0 Å². The Balaban J connectivity index is 2.48. The average molecular weight is 611 g/mol. The molecule has 2 aliphatic heterocycles. The third kappa shape index (κ3) is 11.3. The number of nitrogens with two attached hydrogens (primary N) is 4. The number of hydrogen-bond acceptors (Lipinski definition) is 9. The van der Waals surface area contributed by atoms with Crippen molar-refractivity contribution in [3.8, 4) is 0 Å². The molecule has 2 heterocycles. The number of guanidine groups is 1. The fourth-order valence-corrected chi connectivity index (χ4v) is 5.25. The summed E-state index contributed by atoms with van der Waals surface area (Å²) in [5, 5.41) is 21.2. The normalized spacial score (nSPS) is 26.3. The lowest BCUT2D eigenvalue weighted by Gasteiger charge is -2.30. The van der Waals surface area contributed by atoms with Gasteiger partial charge in [0.25, 0.3) is 0 Å². The van der Waals surface area contributed by atoms with Gasteiger partial charge in [-0.1, -0.05) is 0 Å². The van der Waals surface area contributed by atoms with E-state index >= 15 is 0 Å². The van der Waals surface area contributed by atoms with E-state index in [9.17, 15) is 29.1 Å². The molecule has 2 rings (SSSR count). The average Bonchev–Trinajstić information content (AvgIpc) is 3.45. The van der Waals surface area contributed by atoms with Gasteiger partial charge in [0, 0.05) is 13.1 Å². The molecule has 0 aromatic rings. The van der Waals surface area contributed by atoms with Crippen LogP contribution in [0, 0.1) is 0 Å². The molecule has 5 amide bonds. The summed E-state index contributed by atoms with van der Waals surface area (Å²) in [7, 11) is 0. The van der Waals surface area contributed by atoms with E-state index < -0.39 is 65.8 Å². The molecule has 43 heavy (non-hydrogen) atoms. The molecular formula is C27H50N10O6. The Kier molecular flexibility index (Phi) is 15.1. The van der Waals surface area contributed by atoms with Gasteiger partial charge in [-0.15, -0.1) is 0 Å². The van der Waals surface area contributed by atoms with E-state index in [1.54, 1.807) is 0 Å². The first kappa shape index (κ1) is 35.7. The summed E-state index contributed by atoms with van der Waals surface area (Å²) in [4.78, 5) is 72.9. The van der Waals surface area contributed by atoms with Crippen molar-refractivity contribution < 1.29 is 29.1 Å². The van der Waals surface area contributed by atoms with Gasteiger partial charge in [-0.2, -0.15) is 0 Å². The predicted molar refractivity (Wildman–Crippen MR) is 160 cm³/mol. The van der Waals surface area contributed by atoms with Crippen LogP contribution in [0.1, 0.15) is 71.1 Å². The number of fused-ring (bicyclic) bond motifs is 1. The molecule has 6 atom stereocenters. The number of carbonyl (C=O) groups is 5. The molecule has 2 saturated heterocycles. The molecule has 0 spiro atoms. The molecule has 13 N–H and O–H groups in total. The monoisotopic (exact) mass is 610 g/mol. The second kappa shape index (κ2) is 18.2. The lowest BCUT2D eigenvalue weighted by atomic mass is 10.0. The molecule has 16 heteroatoms. The maximum absolute atomic E-state index is 13.7. The molecule has 0 aliphatic carbocycles. The highest BCUT2D eigenvalue weighted by Gasteiger charge is 2.40. The van der Waals surface area contributed by atoms with Gasteiger partial charge in [-0.05, 0) is 84.2 Å². The van der Waals surface area contributed by atoms with Crippen LogP contribution < -0.4 is 44.2 Å². The largest absolute Gasteiger partial charge is 0.391 e.